The number of benzene rings is 1. The van der Waals surface area contributed by atoms with Gasteiger partial charge >= 0.3 is 12.1 Å². The number of nitrogens with one attached hydrogen (secondary N) is 1. The Balaban J connectivity index is 1.41. The summed E-state index contributed by atoms with van der Waals surface area (Å²) in [5, 5.41) is 12.3. The van der Waals surface area contributed by atoms with E-state index in [0.717, 1.165) is 57.1 Å². The molecule has 1 aliphatic heterocycles. The first-order chi connectivity index (χ1) is 13.6. The maximum absolute atomic E-state index is 12.5. The van der Waals surface area contributed by atoms with E-state index in [1.807, 2.05) is 0 Å². The fourth-order valence-corrected chi connectivity index (χ4v) is 4.45. The number of carbonyl (C=O) groups is 2. The Morgan fingerprint density at radius 3 is 2.36 bits per heavy atom. The quantitative estimate of drug-likeness (QED) is 0.777. The Kier molecular flexibility index (Phi) is 5.82. The predicted octanol–water partition coefficient (Wildman–Crippen LogP) is 2.86. The first-order valence-electron chi connectivity index (χ1n) is 10.2. The average molecular weight is 389 g/mol. The normalized spacial score (nSPS) is 19.7. The van der Waals surface area contributed by atoms with E-state index in [1.54, 1.807) is 0 Å². The topological polar surface area (TPSA) is 94.1 Å². The maximum Gasteiger partial charge on any atom is 0.412 e. The number of carboxylic acid groups (broad SMARTS) is 1. The molecule has 28 heavy (non-hydrogen) atoms. The molecule has 1 unspecified atom stereocenters. The molecule has 0 spiro atoms. The van der Waals surface area contributed by atoms with Gasteiger partial charge in [-0.2, -0.15) is 0 Å². The molecule has 1 aromatic rings. The lowest BCUT2D eigenvalue weighted by molar-refractivity contribution is -0.152. The summed E-state index contributed by atoms with van der Waals surface area (Å²) in [5.41, 5.74) is 5.81. The number of carbonyl (C=O) groups excluding carboxylic acids is 1. The lowest BCUT2D eigenvalue weighted by Gasteiger charge is -2.24. The summed E-state index contributed by atoms with van der Waals surface area (Å²) in [6, 6.07) is 2.28. The Bertz CT molecular complexity index is 724. The number of hydrogen-bond donors (Lipinski definition) is 2. The second-order valence-electron chi connectivity index (χ2n) is 7.74. The van der Waals surface area contributed by atoms with Crippen molar-refractivity contribution in [2.24, 2.45) is 0 Å². The van der Waals surface area contributed by atoms with Crippen molar-refractivity contribution in [3.63, 3.8) is 0 Å². The molecule has 2 N–H and O–H groups in total. The third-order valence-corrected chi connectivity index (χ3v) is 5.88. The van der Waals surface area contributed by atoms with Crippen LogP contribution < -0.4 is 5.32 Å². The third kappa shape index (κ3) is 4.15. The average Bonchev–Trinajstić information content (AvgIpc) is 3.34. The van der Waals surface area contributed by atoms with Gasteiger partial charge in [-0.15, -0.1) is 0 Å². The molecule has 0 saturated carbocycles. The van der Waals surface area contributed by atoms with Crippen molar-refractivity contribution in [2.75, 3.05) is 25.1 Å². The molecular weight excluding hydrogens is 362 g/mol. The summed E-state index contributed by atoms with van der Waals surface area (Å²) in [6.07, 6.45) is 5.44. The maximum atomic E-state index is 12.5. The minimum absolute atomic E-state index is 0.0528. The second kappa shape index (κ2) is 8.49. The number of aryl methyl sites for hydroxylation is 2. The third-order valence-electron chi connectivity index (χ3n) is 5.88. The summed E-state index contributed by atoms with van der Waals surface area (Å²) in [5.74, 6) is -1.20. The number of rotatable bonds is 6. The Hall–Kier alpha value is -2.12. The van der Waals surface area contributed by atoms with Gasteiger partial charge in [0.1, 0.15) is 0 Å². The number of carboxylic acids is 1. The van der Waals surface area contributed by atoms with Crippen LogP contribution in [0.25, 0.3) is 0 Å². The number of ether oxygens (including phenoxy) is 3. The summed E-state index contributed by atoms with van der Waals surface area (Å²) >= 11 is 0. The van der Waals surface area contributed by atoms with Gasteiger partial charge in [-0.25, -0.2) is 9.59 Å². The minimum Gasteiger partial charge on any atom is -0.478 e. The molecule has 1 saturated heterocycles. The number of fused-ring (bicyclic) bond motifs is 2. The molecule has 0 aromatic heterocycles. The van der Waals surface area contributed by atoms with Crippen LogP contribution in [0.5, 0.6) is 0 Å². The smallest absolute Gasteiger partial charge is 0.412 e. The largest absolute Gasteiger partial charge is 0.478 e. The molecule has 1 aromatic carbocycles. The van der Waals surface area contributed by atoms with Crippen LogP contribution in [0.1, 0.15) is 47.9 Å². The van der Waals surface area contributed by atoms with E-state index in [9.17, 15) is 14.7 Å². The van der Waals surface area contributed by atoms with Crippen LogP contribution in [-0.2, 0) is 44.7 Å². The van der Waals surface area contributed by atoms with Gasteiger partial charge in [0.25, 0.3) is 0 Å². The fourth-order valence-electron chi connectivity index (χ4n) is 4.45. The monoisotopic (exact) mass is 389 g/mol. The minimum atomic E-state index is -1.33. The van der Waals surface area contributed by atoms with Gasteiger partial charge in [0.05, 0.1) is 18.4 Å². The van der Waals surface area contributed by atoms with E-state index in [0.29, 0.717) is 13.2 Å². The van der Waals surface area contributed by atoms with Crippen LogP contribution in [0.15, 0.2) is 6.07 Å². The van der Waals surface area contributed by atoms with Crippen LogP contribution in [0.3, 0.4) is 0 Å². The zero-order valence-electron chi connectivity index (χ0n) is 16.0. The highest BCUT2D eigenvalue weighted by Crippen LogP contribution is 2.38. The highest BCUT2D eigenvalue weighted by molar-refractivity contribution is 5.90. The Morgan fingerprint density at radius 1 is 1.11 bits per heavy atom. The van der Waals surface area contributed by atoms with E-state index < -0.39 is 18.2 Å². The number of anilines is 1. The lowest BCUT2D eigenvalue weighted by Crippen LogP contribution is -2.36. The van der Waals surface area contributed by atoms with Gasteiger partial charge in [0.15, 0.2) is 0 Å². The molecule has 4 rings (SSSR count). The molecule has 1 amide bonds. The van der Waals surface area contributed by atoms with Gasteiger partial charge in [-0.05, 0) is 73.6 Å². The second-order valence-corrected chi connectivity index (χ2v) is 7.74. The standard InChI is InChI=1S/C21H27NO6/c23-20(24)18(12-27-15-7-9-26-10-8-15)28-21(25)22-19-16-5-1-3-13(16)11-14-4-2-6-17(14)19/h11,15,18H,1-10,12H2,(H,22,25)(H,23,24). The predicted molar refractivity (Wildman–Crippen MR) is 102 cm³/mol. The van der Waals surface area contributed by atoms with Gasteiger partial charge in [-0.3, -0.25) is 5.32 Å². The molecular formula is C21H27NO6. The van der Waals surface area contributed by atoms with Crippen molar-refractivity contribution in [2.45, 2.75) is 63.6 Å². The zero-order chi connectivity index (χ0) is 19.5. The van der Waals surface area contributed by atoms with E-state index in [2.05, 4.69) is 11.4 Å². The van der Waals surface area contributed by atoms with Crippen molar-refractivity contribution in [1.82, 2.24) is 0 Å². The summed E-state index contributed by atoms with van der Waals surface area (Å²) in [7, 11) is 0. The summed E-state index contributed by atoms with van der Waals surface area (Å²) < 4.78 is 16.1. The molecule has 1 heterocycles. The van der Waals surface area contributed by atoms with E-state index in [-0.39, 0.29) is 12.7 Å². The van der Waals surface area contributed by atoms with Crippen molar-refractivity contribution in [1.29, 1.82) is 0 Å². The number of hydrogen-bond acceptors (Lipinski definition) is 5. The summed E-state index contributed by atoms with van der Waals surface area (Å²) in [4.78, 5) is 24.0. The van der Waals surface area contributed by atoms with Crippen LogP contribution >= 0.6 is 0 Å². The lowest BCUT2D eigenvalue weighted by atomic mass is 9.99. The van der Waals surface area contributed by atoms with Crippen molar-refractivity contribution >= 4 is 17.7 Å². The summed E-state index contributed by atoms with van der Waals surface area (Å²) in [6.45, 7) is 1.06. The molecule has 0 bridgehead atoms. The van der Waals surface area contributed by atoms with Crippen LogP contribution in [0.4, 0.5) is 10.5 Å². The highest BCUT2D eigenvalue weighted by Gasteiger charge is 2.28. The zero-order valence-corrected chi connectivity index (χ0v) is 16.0. The highest BCUT2D eigenvalue weighted by atomic mass is 16.6. The van der Waals surface area contributed by atoms with Gasteiger partial charge in [-0.1, -0.05) is 6.07 Å². The van der Waals surface area contributed by atoms with E-state index >= 15 is 0 Å². The molecule has 1 atom stereocenters. The molecule has 7 heteroatoms. The van der Waals surface area contributed by atoms with Crippen LogP contribution in [-0.4, -0.2) is 49.2 Å². The molecule has 3 aliphatic rings. The number of amides is 1. The van der Waals surface area contributed by atoms with Gasteiger partial charge < -0.3 is 19.3 Å². The van der Waals surface area contributed by atoms with Crippen molar-refractivity contribution in [3.05, 3.63) is 28.3 Å². The van der Waals surface area contributed by atoms with Gasteiger partial charge in [0.2, 0.25) is 6.10 Å². The van der Waals surface area contributed by atoms with Crippen molar-refractivity contribution in [3.8, 4) is 0 Å². The SMILES string of the molecule is O=C(Nc1c2c(cc3c1CCC3)CCC2)OC(COC1CCOCC1)C(=O)O. The molecule has 7 nitrogen and oxygen atoms in total. The molecule has 1 fully saturated rings. The Morgan fingerprint density at radius 2 is 1.75 bits per heavy atom. The number of aliphatic carboxylic acids is 1. The van der Waals surface area contributed by atoms with E-state index in [1.165, 1.54) is 22.3 Å². The molecule has 152 valence electrons. The first-order valence-corrected chi connectivity index (χ1v) is 10.2. The van der Waals surface area contributed by atoms with Crippen LogP contribution in [0, 0.1) is 0 Å². The van der Waals surface area contributed by atoms with Crippen LogP contribution in [0.2, 0.25) is 0 Å². The van der Waals surface area contributed by atoms with Crippen molar-refractivity contribution < 1.29 is 28.9 Å². The Labute approximate surface area is 164 Å². The van der Waals surface area contributed by atoms with E-state index in [4.69, 9.17) is 14.2 Å². The molecule has 0 radical (unpaired) electrons. The first kappa shape index (κ1) is 19.2. The molecule has 2 aliphatic carbocycles. The fraction of sp³-hybridized carbons (Fsp3) is 0.619. The van der Waals surface area contributed by atoms with Gasteiger partial charge in [0, 0.05) is 13.2 Å².